The van der Waals surface area contributed by atoms with Gasteiger partial charge in [-0.15, -0.1) is 0 Å². The highest BCUT2D eigenvalue weighted by Gasteiger charge is 2.40. The van der Waals surface area contributed by atoms with Crippen LogP contribution in [0.4, 0.5) is 0 Å². The van der Waals surface area contributed by atoms with E-state index in [1.807, 2.05) is 0 Å². The van der Waals surface area contributed by atoms with E-state index in [0.29, 0.717) is 0 Å². The molecule has 8 heavy (non-hydrogen) atoms. The zero-order valence-electron chi connectivity index (χ0n) is 5.56. The smallest absolute Gasteiger partial charge is 0.0817 e. The van der Waals surface area contributed by atoms with E-state index in [2.05, 4.69) is 7.05 Å². The van der Waals surface area contributed by atoms with Gasteiger partial charge in [0.25, 0.3) is 0 Å². The third kappa shape index (κ3) is 0.510. The highest BCUT2D eigenvalue weighted by Crippen LogP contribution is 2.32. The van der Waals surface area contributed by atoms with Crippen LogP contribution in [-0.4, -0.2) is 31.2 Å². The summed E-state index contributed by atoms with van der Waals surface area (Å²) in [5.41, 5.74) is 0. The van der Waals surface area contributed by atoms with Gasteiger partial charge in [0, 0.05) is 18.8 Å². The molecule has 0 aromatic carbocycles. The van der Waals surface area contributed by atoms with E-state index in [9.17, 15) is 0 Å². The number of piperidine rings is 1. The topological polar surface area (TPSA) is 0 Å². The van der Waals surface area contributed by atoms with Crippen LogP contribution in [0.3, 0.4) is 0 Å². The van der Waals surface area contributed by atoms with Gasteiger partial charge < -0.3 is 4.48 Å². The van der Waals surface area contributed by atoms with E-state index >= 15 is 0 Å². The Morgan fingerprint density at radius 2 is 1.88 bits per heavy atom. The summed E-state index contributed by atoms with van der Waals surface area (Å²) in [4.78, 5) is 0. The van der Waals surface area contributed by atoms with Crippen LogP contribution >= 0.6 is 0 Å². The molecule has 0 amide bonds. The van der Waals surface area contributed by atoms with Crippen molar-refractivity contribution in [1.29, 1.82) is 0 Å². The third-order valence-corrected chi connectivity index (χ3v) is 2.85. The minimum Gasteiger partial charge on any atom is -0.326 e. The molecule has 2 fully saturated rings. The summed E-state index contributed by atoms with van der Waals surface area (Å²) in [6.07, 6.45) is 3.02. The van der Waals surface area contributed by atoms with Crippen molar-refractivity contribution in [1.82, 2.24) is 0 Å². The van der Waals surface area contributed by atoms with Crippen molar-refractivity contribution in [2.75, 3.05) is 26.7 Å². The van der Waals surface area contributed by atoms with Gasteiger partial charge in [-0.3, -0.25) is 0 Å². The van der Waals surface area contributed by atoms with Crippen LogP contribution in [0, 0.1) is 5.92 Å². The minimum absolute atomic E-state index is 1.11. The van der Waals surface area contributed by atoms with Crippen LogP contribution in [0.15, 0.2) is 0 Å². The van der Waals surface area contributed by atoms with Gasteiger partial charge in [-0.05, 0) is 0 Å². The molecule has 0 aromatic rings. The monoisotopic (exact) mass is 112 g/mol. The summed E-state index contributed by atoms with van der Waals surface area (Å²) in [6.45, 7) is 4.41. The number of quaternary nitrogens is 1. The SMILES string of the molecule is C[N+]12CCC(CC1)C2. The molecule has 2 saturated heterocycles. The van der Waals surface area contributed by atoms with Crippen LogP contribution < -0.4 is 0 Å². The highest BCUT2D eigenvalue weighted by atomic mass is 15.4. The standard InChI is InChI=1S/C7H14N/c1-8-4-2-7(6-8)3-5-8/h7H,2-6H2,1H3/q+1. The van der Waals surface area contributed by atoms with Crippen LogP contribution in [0.2, 0.25) is 0 Å². The van der Waals surface area contributed by atoms with Gasteiger partial charge in [0.05, 0.1) is 26.7 Å². The van der Waals surface area contributed by atoms with E-state index < -0.39 is 0 Å². The van der Waals surface area contributed by atoms with Crippen molar-refractivity contribution in [2.45, 2.75) is 12.8 Å². The predicted molar refractivity (Wildman–Crippen MR) is 33.5 cm³/mol. The lowest BCUT2D eigenvalue weighted by Crippen LogP contribution is -2.38. The average Bonchev–Trinajstić information content (AvgIpc) is 2.21. The number of hydrogen-bond donors (Lipinski definition) is 0. The molecule has 46 valence electrons. The second-order valence-corrected chi connectivity index (χ2v) is 3.69. The van der Waals surface area contributed by atoms with Gasteiger partial charge in [0.2, 0.25) is 0 Å². The molecule has 0 aliphatic carbocycles. The first-order chi connectivity index (χ1) is 3.79. The normalized spacial score (nSPS) is 52.9. The number of hydrogen-bond acceptors (Lipinski definition) is 0. The van der Waals surface area contributed by atoms with Gasteiger partial charge in [-0.1, -0.05) is 0 Å². The molecule has 0 spiro atoms. The summed E-state index contributed by atoms with van der Waals surface area (Å²) in [5.74, 6) is 1.11. The van der Waals surface area contributed by atoms with Gasteiger partial charge in [0.15, 0.2) is 0 Å². The zero-order valence-corrected chi connectivity index (χ0v) is 5.56. The molecule has 0 radical (unpaired) electrons. The van der Waals surface area contributed by atoms with Crippen molar-refractivity contribution >= 4 is 0 Å². The first-order valence-corrected chi connectivity index (χ1v) is 3.62. The zero-order chi connectivity index (χ0) is 5.61. The Morgan fingerprint density at radius 1 is 1.25 bits per heavy atom. The molecular formula is C7H14N+. The molecule has 0 atom stereocenters. The summed E-state index contributed by atoms with van der Waals surface area (Å²) < 4.78 is 1.39. The molecule has 0 N–H and O–H groups in total. The third-order valence-electron chi connectivity index (χ3n) is 2.85. The number of rotatable bonds is 0. The lowest BCUT2D eigenvalue weighted by atomic mass is 10.1. The first kappa shape index (κ1) is 4.80. The van der Waals surface area contributed by atoms with Crippen molar-refractivity contribution in [3.8, 4) is 0 Å². The molecule has 0 aromatic heterocycles. The van der Waals surface area contributed by atoms with E-state index in [-0.39, 0.29) is 0 Å². The fourth-order valence-electron chi connectivity index (χ4n) is 2.23. The molecule has 0 unspecified atom stereocenters. The van der Waals surface area contributed by atoms with Crippen molar-refractivity contribution in [2.24, 2.45) is 5.92 Å². The highest BCUT2D eigenvalue weighted by molar-refractivity contribution is 4.72. The summed E-state index contributed by atoms with van der Waals surface area (Å²) in [5, 5.41) is 0. The molecule has 2 aliphatic heterocycles. The van der Waals surface area contributed by atoms with Crippen molar-refractivity contribution in [3.63, 3.8) is 0 Å². The Morgan fingerprint density at radius 3 is 2.00 bits per heavy atom. The molecule has 2 rings (SSSR count). The number of nitrogens with zero attached hydrogens (tertiary/aromatic N) is 1. The maximum atomic E-state index is 2.40. The van der Waals surface area contributed by atoms with E-state index in [4.69, 9.17) is 0 Å². The summed E-state index contributed by atoms with van der Waals surface area (Å²) in [6, 6.07) is 0. The molecule has 2 aliphatic rings. The minimum atomic E-state index is 1.11. The largest absolute Gasteiger partial charge is 0.326 e. The Hall–Kier alpha value is -0.0400. The Labute approximate surface area is 50.9 Å². The Balaban J connectivity index is 2.19. The van der Waals surface area contributed by atoms with Gasteiger partial charge in [-0.2, -0.15) is 0 Å². The van der Waals surface area contributed by atoms with Crippen LogP contribution in [-0.2, 0) is 0 Å². The van der Waals surface area contributed by atoms with Gasteiger partial charge in [-0.25, -0.2) is 0 Å². The maximum Gasteiger partial charge on any atom is 0.0817 e. The second kappa shape index (κ2) is 1.27. The van der Waals surface area contributed by atoms with Gasteiger partial charge in [0.1, 0.15) is 0 Å². The maximum absolute atomic E-state index is 2.40. The second-order valence-electron chi connectivity index (χ2n) is 3.69. The number of fused-ring (bicyclic) bond motifs is 2. The lowest BCUT2D eigenvalue weighted by Gasteiger charge is -2.25. The average molecular weight is 112 g/mol. The van der Waals surface area contributed by atoms with Crippen molar-refractivity contribution < 1.29 is 4.48 Å². The van der Waals surface area contributed by atoms with E-state index in [1.165, 1.54) is 37.0 Å². The quantitative estimate of drug-likeness (QED) is 0.408. The fraction of sp³-hybridized carbons (Fsp3) is 1.00. The molecule has 0 saturated carbocycles. The first-order valence-electron chi connectivity index (χ1n) is 3.62. The lowest BCUT2D eigenvalue weighted by molar-refractivity contribution is -0.889. The molecule has 1 nitrogen and oxygen atoms in total. The Bertz CT molecular complexity index is 101. The summed E-state index contributed by atoms with van der Waals surface area (Å²) in [7, 11) is 2.40. The van der Waals surface area contributed by atoms with Crippen LogP contribution in [0.25, 0.3) is 0 Å². The van der Waals surface area contributed by atoms with Crippen molar-refractivity contribution in [3.05, 3.63) is 0 Å². The molecule has 1 heteroatoms. The fourth-order valence-corrected chi connectivity index (χ4v) is 2.23. The van der Waals surface area contributed by atoms with E-state index in [0.717, 1.165) is 5.92 Å². The van der Waals surface area contributed by atoms with Crippen LogP contribution in [0.5, 0.6) is 0 Å². The van der Waals surface area contributed by atoms with Gasteiger partial charge >= 0.3 is 0 Å². The van der Waals surface area contributed by atoms with Crippen LogP contribution in [0.1, 0.15) is 12.8 Å². The van der Waals surface area contributed by atoms with E-state index in [1.54, 1.807) is 0 Å². The Kier molecular flexibility index (Phi) is 0.762. The molecular weight excluding hydrogens is 98.1 g/mol. The predicted octanol–water partition coefficient (Wildman–Crippen LogP) is 0.857. The molecule has 2 bridgehead atoms. The summed E-state index contributed by atoms with van der Waals surface area (Å²) >= 11 is 0. The molecule has 2 heterocycles.